The van der Waals surface area contributed by atoms with Gasteiger partial charge in [-0.05, 0) is 18.4 Å². The number of aromatic nitrogens is 2. The predicted octanol–water partition coefficient (Wildman–Crippen LogP) is 3.43. The molecule has 2 aromatic rings. The van der Waals surface area contributed by atoms with Crippen LogP contribution in [0.1, 0.15) is 37.3 Å². The monoisotopic (exact) mass is 241 g/mol. The van der Waals surface area contributed by atoms with Crippen LogP contribution in [0.15, 0.2) is 42.7 Å². The lowest BCUT2D eigenvalue weighted by atomic mass is 10.1. The fraction of sp³-hybridized carbons (Fsp3) is 0.400. The maximum absolute atomic E-state index is 4.39. The molecule has 1 aliphatic rings. The van der Waals surface area contributed by atoms with Gasteiger partial charge in [0.15, 0.2) is 0 Å². The second kappa shape index (κ2) is 4.84. The lowest BCUT2D eigenvalue weighted by Crippen LogP contribution is -2.07. The quantitative estimate of drug-likeness (QED) is 0.869. The molecule has 3 rings (SSSR count). The molecule has 3 heteroatoms. The summed E-state index contributed by atoms with van der Waals surface area (Å²) in [5, 5.41) is 3.39. The molecule has 1 saturated carbocycles. The van der Waals surface area contributed by atoms with Gasteiger partial charge in [-0.2, -0.15) is 0 Å². The van der Waals surface area contributed by atoms with Crippen LogP contribution in [0.3, 0.4) is 0 Å². The minimum atomic E-state index is 0.578. The molecule has 1 aliphatic carbocycles. The molecule has 0 amide bonds. The molecule has 0 aliphatic heterocycles. The number of nitrogens with zero attached hydrogens (tertiary/aromatic N) is 2. The van der Waals surface area contributed by atoms with E-state index in [-0.39, 0.29) is 0 Å². The fourth-order valence-corrected chi connectivity index (χ4v) is 2.50. The van der Waals surface area contributed by atoms with Crippen molar-refractivity contribution in [3.05, 3.63) is 48.3 Å². The Labute approximate surface area is 108 Å². The SMILES string of the molecule is CCCNc1nccn1C1CC1c1ccccc1. The normalized spacial score (nSPS) is 21.8. The third-order valence-electron chi connectivity index (χ3n) is 3.54. The van der Waals surface area contributed by atoms with E-state index in [1.165, 1.54) is 12.0 Å². The highest BCUT2D eigenvalue weighted by Gasteiger charge is 2.40. The van der Waals surface area contributed by atoms with Crippen molar-refractivity contribution in [1.82, 2.24) is 9.55 Å². The van der Waals surface area contributed by atoms with E-state index in [1.807, 2.05) is 6.20 Å². The van der Waals surface area contributed by atoms with Crippen molar-refractivity contribution in [2.24, 2.45) is 0 Å². The van der Waals surface area contributed by atoms with E-state index in [4.69, 9.17) is 0 Å². The summed E-state index contributed by atoms with van der Waals surface area (Å²) in [5.74, 6) is 1.67. The largest absolute Gasteiger partial charge is 0.356 e. The van der Waals surface area contributed by atoms with Crippen LogP contribution in [0.2, 0.25) is 0 Å². The first kappa shape index (κ1) is 11.3. The molecular formula is C15H19N3. The Hall–Kier alpha value is -1.77. The number of benzene rings is 1. The Morgan fingerprint density at radius 3 is 2.94 bits per heavy atom. The summed E-state index contributed by atoms with van der Waals surface area (Å²) >= 11 is 0. The minimum Gasteiger partial charge on any atom is -0.356 e. The molecule has 18 heavy (non-hydrogen) atoms. The molecule has 1 fully saturated rings. The van der Waals surface area contributed by atoms with Crippen molar-refractivity contribution in [3.8, 4) is 0 Å². The first-order chi connectivity index (χ1) is 8.90. The smallest absolute Gasteiger partial charge is 0.203 e. The maximum Gasteiger partial charge on any atom is 0.203 e. The molecule has 2 atom stereocenters. The average Bonchev–Trinajstić information content (AvgIpc) is 3.08. The topological polar surface area (TPSA) is 29.9 Å². The molecule has 0 spiro atoms. The van der Waals surface area contributed by atoms with Crippen LogP contribution in [-0.4, -0.2) is 16.1 Å². The molecule has 1 heterocycles. The van der Waals surface area contributed by atoms with E-state index in [9.17, 15) is 0 Å². The third kappa shape index (κ3) is 2.13. The minimum absolute atomic E-state index is 0.578. The highest BCUT2D eigenvalue weighted by molar-refractivity contribution is 5.33. The van der Waals surface area contributed by atoms with Gasteiger partial charge in [0.2, 0.25) is 5.95 Å². The lowest BCUT2D eigenvalue weighted by molar-refractivity contribution is 0.718. The van der Waals surface area contributed by atoms with Crippen molar-refractivity contribution in [2.45, 2.75) is 31.7 Å². The van der Waals surface area contributed by atoms with Gasteiger partial charge in [-0.1, -0.05) is 37.3 Å². The van der Waals surface area contributed by atoms with Gasteiger partial charge in [-0.3, -0.25) is 0 Å². The highest BCUT2D eigenvalue weighted by atomic mass is 15.2. The van der Waals surface area contributed by atoms with Crippen LogP contribution < -0.4 is 5.32 Å². The molecule has 2 unspecified atom stereocenters. The number of anilines is 1. The number of imidazole rings is 1. The van der Waals surface area contributed by atoms with Crippen LogP contribution in [0.5, 0.6) is 0 Å². The van der Waals surface area contributed by atoms with E-state index >= 15 is 0 Å². The van der Waals surface area contributed by atoms with Gasteiger partial charge in [0.25, 0.3) is 0 Å². The van der Waals surface area contributed by atoms with Crippen LogP contribution in [0, 0.1) is 0 Å². The number of nitrogens with one attached hydrogen (secondary N) is 1. The van der Waals surface area contributed by atoms with Crippen LogP contribution in [-0.2, 0) is 0 Å². The second-order valence-electron chi connectivity index (χ2n) is 4.91. The zero-order chi connectivity index (χ0) is 12.4. The Morgan fingerprint density at radius 1 is 1.33 bits per heavy atom. The van der Waals surface area contributed by atoms with E-state index in [0.717, 1.165) is 18.9 Å². The molecule has 1 aromatic carbocycles. The molecule has 1 aromatic heterocycles. The molecule has 0 radical (unpaired) electrons. The van der Waals surface area contributed by atoms with Gasteiger partial charge >= 0.3 is 0 Å². The van der Waals surface area contributed by atoms with Gasteiger partial charge < -0.3 is 9.88 Å². The van der Waals surface area contributed by atoms with E-state index < -0.39 is 0 Å². The Morgan fingerprint density at radius 2 is 2.17 bits per heavy atom. The van der Waals surface area contributed by atoms with Gasteiger partial charge in [0, 0.05) is 30.9 Å². The summed E-state index contributed by atoms with van der Waals surface area (Å²) in [6, 6.07) is 11.3. The average molecular weight is 241 g/mol. The predicted molar refractivity (Wildman–Crippen MR) is 73.8 cm³/mol. The van der Waals surface area contributed by atoms with E-state index in [0.29, 0.717) is 12.0 Å². The number of rotatable bonds is 5. The summed E-state index contributed by atoms with van der Waals surface area (Å²) in [6.45, 7) is 3.16. The standard InChI is InChI=1S/C15H19N3/c1-2-8-16-15-17-9-10-18(15)14-11-13(14)12-6-4-3-5-7-12/h3-7,9-10,13-14H,2,8,11H2,1H3,(H,16,17). The first-order valence-electron chi connectivity index (χ1n) is 6.71. The van der Waals surface area contributed by atoms with Gasteiger partial charge in [-0.25, -0.2) is 4.98 Å². The Kier molecular flexibility index (Phi) is 3.05. The lowest BCUT2D eigenvalue weighted by Gasteiger charge is -2.08. The summed E-state index contributed by atoms with van der Waals surface area (Å²) in [5.41, 5.74) is 1.44. The van der Waals surface area contributed by atoms with Crippen LogP contribution in [0.4, 0.5) is 5.95 Å². The Balaban J connectivity index is 1.73. The summed E-state index contributed by atoms with van der Waals surface area (Å²) in [6.07, 6.45) is 6.32. The molecule has 1 N–H and O–H groups in total. The summed E-state index contributed by atoms with van der Waals surface area (Å²) in [4.78, 5) is 4.39. The molecule has 0 saturated heterocycles. The highest BCUT2D eigenvalue weighted by Crippen LogP contribution is 2.52. The van der Waals surface area contributed by atoms with Crippen molar-refractivity contribution in [1.29, 1.82) is 0 Å². The van der Waals surface area contributed by atoms with Crippen molar-refractivity contribution >= 4 is 5.95 Å². The first-order valence-corrected chi connectivity index (χ1v) is 6.71. The molecule has 0 bridgehead atoms. The van der Waals surface area contributed by atoms with Crippen molar-refractivity contribution < 1.29 is 0 Å². The Bertz CT molecular complexity index is 503. The van der Waals surface area contributed by atoms with Crippen molar-refractivity contribution in [2.75, 3.05) is 11.9 Å². The molecular weight excluding hydrogens is 222 g/mol. The summed E-state index contributed by atoms with van der Waals surface area (Å²) < 4.78 is 2.29. The third-order valence-corrected chi connectivity index (χ3v) is 3.54. The van der Waals surface area contributed by atoms with Gasteiger partial charge in [-0.15, -0.1) is 0 Å². The van der Waals surface area contributed by atoms with Crippen molar-refractivity contribution in [3.63, 3.8) is 0 Å². The maximum atomic E-state index is 4.39. The number of hydrogen-bond acceptors (Lipinski definition) is 2. The number of hydrogen-bond donors (Lipinski definition) is 1. The molecule has 94 valence electrons. The second-order valence-corrected chi connectivity index (χ2v) is 4.91. The van der Waals surface area contributed by atoms with E-state index in [1.54, 1.807) is 0 Å². The zero-order valence-electron chi connectivity index (χ0n) is 10.7. The summed E-state index contributed by atoms with van der Waals surface area (Å²) in [7, 11) is 0. The fourth-order valence-electron chi connectivity index (χ4n) is 2.50. The molecule has 3 nitrogen and oxygen atoms in total. The van der Waals surface area contributed by atoms with Gasteiger partial charge in [0.05, 0.1) is 0 Å². The van der Waals surface area contributed by atoms with Crippen LogP contribution in [0.25, 0.3) is 0 Å². The van der Waals surface area contributed by atoms with Gasteiger partial charge in [0.1, 0.15) is 0 Å². The van der Waals surface area contributed by atoms with Crippen LogP contribution >= 0.6 is 0 Å². The van der Waals surface area contributed by atoms with E-state index in [2.05, 4.69) is 58.3 Å². The zero-order valence-corrected chi connectivity index (χ0v) is 10.7.